The summed E-state index contributed by atoms with van der Waals surface area (Å²) in [5.41, 5.74) is 14.7. The molecule has 1 aliphatic carbocycles. The Morgan fingerprint density at radius 2 is 1.22 bits per heavy atom. The molecule has 0 unspecified atom stereocenters. The second kappa shape index (κ2) is 12.0. The number of pyridine rings is 1. The summed E-state index contributed by atoms with van der Waals surface area (Å²) in [5, 5.41) is 11.8. The zero-order valence-corrected chi connectivity index (χ0v) is 28.3. The number of hydrogen-bond acceptors (Lipinski definition) is 4. The van der Waals surface area contributed by atoms with E-state index >= 15 is 0 Å². The molecule has 0 N–H and O–H groups in total. The van der Waals surface area contributed by atoms with Crippen LogP contribution in [-0.2, 0) is 5.41 Å². The van der Waals surface area contributed by atoms with Gasteiger partial charge in [0.1, 0.15) is 0 Å². The molecule has 0 spiro atoms. The van der Waals surface area contributed by atoms with Gasteiger partial charge in [-0.2, -0.15) is 5.26 Å². The number of benzene rings is 6. The van der Waals surface area contributed by atoms with Crippen LogP contribution in [0.1, 0.15) is 30.5 Å². The Kier molecular flexibility index (Phi) is 7.15. The van der Waals surface area contributed by atoms with Crippen molar-refractivity contribution in [3.63, 3.8) is 0 Å². The van der Waals surface area contributed by atoms with Crippen molar-refractivity contribution < 1.29 is 0 Å². The highest BCUT2D eigenvalue weighted by molar-refractivity contribution is 6.03. The first-order valence-electron chi connectivity index (χ1n) is 17.1. The monoisotopic (exact) mass is 652 g/mol. The Balaban J connectivity index is 1.23. The zero-order valence-electron chi connectivity index (χ0n) is 28.3. The predicted octanol–water partition coefficient (Wildman–Crippen LogP) is 11.5. The van der Waals surface area contributed by atoms with Gasteiger partial charge in [-0.25, -0.2) is 9.97 Å². The highest BCUT2D eigenvalue weighted by Crippen LogP contribution is 2.52. The van der Waals surface area contributed by atoms with Crippen LogP contribution in [0.2, 0.25) is 0 Å². The summed E-state index contributed by atoms with van der Waals surface area (Å²) in [5.74, 6) is 0.687. The van der Waals surface area contributed by atoms with Gasteiger partial charge in [0.25, 0.3) is 0 Å². The SMILES string of the molecule is CC1(C)c2cc(-c3cc(-c4cccnc4)cc(-c4cc(-c5ccccc5)nc(-c5ccccc5)n4)c3)ccc2-c2c1ccc1cc(C#N)ccc21. The summed E-state index contributed by atoms with van der Waals surface area (Å²) in [6.45, 7) is 4.62. The van der Waals surface area contributed by atoms with Crippen LogP contribution in [0.15, 0.2) is 158 Å². The summed E-state index contributed by atoms with van der Waals surface area (Å²) in [6, 6.07) is 52.9. The number of fused-ring (bicyclic) bond motifs is 5. The average molecular weight is 653 g/mol. The maximum Gasteiger partial charge on any atom is 0.160 e. The Morgan fingerprint density at radius 3 is 1.94 bits per heavy atom. The van der Waals surface area contributed by atoms with E-state index in [1.165, 1.54) is 27.6 Å². The first-order valence-corrected chi connectivity index (χ1v) is 17.1. The summed E-state index contributed by atoms with van der Waals surface area (Å²) >= 11 is 0. The van der Waals surface area contributed by atoms with Crippen LogP contribution >= 0.6 is 0 Å². The molecule has 4 nitrogen and oxygen atoms in total. The molecule has 2 heterocycles. The molecule has 8 aromatic rings. The molecule has 0 bridgehead atoms. The van der Waals surface area contributed by atoms with Crippen LogP contribution in [0.5, 0.6) is 0 Å². The fraction of sp³-hybridized carbons (Fsp3) is 0.0638. The van der Waals surface area contributed by atoms with Gasteiger partial charge in [0, 0.05) is 40.1 Å². The van der Waals surface area contributed by atoms with Crippen LogP contribution < -0.4 is 0 Å². The Labute approximate surface area is 297 Å². The molecule has 0 aliphatic heterocycles. The van der Waals surface area contributed by atoms with Crippen molar-refractivity contribution in [2.24, 2.45) is 0 Å². The smallest absolute Gasteiger partial charge is 0.160 e. The summed E-state index contributed by atoms with van der Waals surface area (Å²) < 4.78 is 0. The molecule has 4 heteroatoms. The van der Waals surface area contributed by atoms with Crippen molar-refractivity contribution >= 4 is 10.8 Å². The van der Waals surface area contributed by atoms with Crippen LogP contribution in [0, 0.1) is 11.3 Å². The molecule has 6 aromatic carbocycles. The van der Waals surface area contributed by atoms with Gasteiger partial charge in [0.15, 0.2) is 5.82 Å². The van der Waals surface area contributed by atoms with E-state index in [-0.39, 0.29) is 5.41 Å². The molecule has 0 saturated heterocycles. The third-order valence-corrected chi connectivity index (χ3v) is 10.2. The van der Waals surface area contributed by atoms with Crippen LogP contribution in [0.3, 0.4) is 0 Å². The Morgan fingerprint density at radius 1 is 0.529 bits per heavy atom. The number of hydrogen-bond donors (Lipinski definition) is 0. The first-order chi connectivity index (χ1) is 25.0. The second-order valence-corrected chi connectivity index (χ2v) is 13.7. The van der Waals surface area contributed by atoms with E-state index in [0.717, 1.165) is 55.7 Å². The largest absolute Gasteiger partial charge is 0.264 e. The second-order valence-electron chi connectivity index (χ2n) is 13.7. The highest BCUT2D eigenvalue weighted by Gasteiger charge is 2.36. The van der Waals surface area contributed by atoms with Crippen molar-refractivity contribution in [1.82, 2.24) is 15.0 Å². The molecule has 0 fully saturated rings. The molecule has 1 aliphatic rings. The molecule has 9 rings (SSSR count). The third-order valence-electron chi connectivity index (χ3n) is 10.2. The standard InChI is InChI=1S/C47H32N4/c1-47(2)41-20-17-34-22-30(28-48)15-18-39(34)45(41)40-19-16-33(26-42(40)47)36-23-37(35-14-9-21-49-29-35)25-38(24-36)44-27-43(31-10-5-3-6-11-31)50-46(51-44)32-12-7-4-8-13-32/h3-27,29H,1-2H3. The molecule has 0 amide bonds. The molecule has 51 heavy (non-hydrogen) atoms. The topological polar surface area (TPSA) is 62.5 Å². The van der Waals surface area contributed by atoms with Gasteiger partial charge in [-0.3, -0.25) is 4.98 Å². The molecular formula is C47H32N4. The molecular weight excluding hydrogens is 621 g/mol. The predicted molar refractivity (Wildman–Crippen MR) is 207 cm³/mol. The normalized spacial score (nSPS) is 12.6. The van der Waals surface area contributed by atoms with Gasteiger partial charge in [-0.1, -0.05) is 111 Å². The van der Waals surface area contributed by atoms with Gasteiger partial charge in [-0.15, -0.1) is 0 Å². The van der Waals surface area contributed by atoms with E-state index in [1.807, 2.05) is 67.0 Å². The van der Waals surface area contributed by atoms with Gasteiger partial charge in [0.05, 0.1) is 23.0 Å². The van der Waals surface area contributed by atoms with E-state index in [0.29, 0.717) is 11.4 Å². The highest BCUT2D eigenvalue weighted by atomic mass is 14.9. The molecule has 2 aromatic heterocycles. The minimum atomic E-state index is -0.200. The number of nitrogens with zero attached hydrogens (tertiary/aromatic N) is 4. The molecule has 0 saturated carbocycles. The number of nitriles is 1. The van der Waals surface area contributed by atoms with Crippen molar-refractivity contribution in [2.45, 2.75) is 19.3 Å². The van der Waals surface area contributed by atoms with Gasteiger partial charge < -0.3 is 0 Å². The molecule has 0 radical (unpaired) electrons. The van der Waals surface area contributed by atoms with E-state index in [9.17, 15) is 5.26 Å². The minimum absolute atomic E-state index is 0.200. The van der Waals surface area contributed by atoms with Crippen molar-refractivity contribution in [2.75, 3.05) is 0 Å². The fourth-order valence-corrected chi connectivity index (χ4v) is 7.52. The van der Waals surface area contributed by atoms with Crippen LogP contribution in [0.4, 0.5) is 0 Å². The molecule has 0 atom stereocenters. The first kappa shape index (κ1) is 30.4. The van der Waals surface area contributed by atoms with Gasteiger partial charge >= 0.3 is 0 Å². The lowest BCUT2D eigenvalue weighted by Gasteiger charge is -2.22. The maximum atomic E-state index is 9.53. The van der Waals surface area contributed by atoms with Crippen molar-refractivity contribution in [1.29, 1.82) is 5.26 Å². The lowest BCUT2D eigenvalue weighted by Crippen LogP contribution is -2.15. The minimum Gasteiger partial charge on any atom is -0.264 e. The fourth-order valence-electron chi connectivity index (χ4n) is 7.52. The Hall–Kier alpha value is -6.70. The number of rotatable bonds is 5. The summed E-state index contributed by atoms with van der Waals surface area (Å²) in [7, 11) is 0. The quantitative estimate of drug-likeness (QED) is 0.186. The Bertz CT molecular complexity index is 2600. The van der Waals surface area contributed by atoms with Crippen LogP contribution in [-0.4, -0.2) is 15.0 Å². The summed E-state index contributed by atoms with van der Waals surface area (Å²) in [4.78, 5) is 14.7. The van der Waals surface area contributed by atoms with Gasteiger partial charge in [-0.05, 0) is 98.2 Å². The maximum absolute atomic E-state index is 9.53. The van der Waals surface area contributed by atoms with E-state index in [1.54, 1.807) is 0 Å². The lowest BCUT2D eigenvalue weighted by atomic mass is 9.81. The van der Waals surface area contributed by atoms with E-state index in [4.69, 9.17) is 9.97 Å². The van der Waals surface area contributed by atoms with E-state index in [2.05, 4.69) is 116 Å². The van der Waals surface area contributed by atoms with Crippen molar-refractivity contribution in [3.05, 3.63) is 175 Å². The average Bonchev–Trinajstić information content (AvgIpc) is 3.43. The number of aromatic nitrogens is 3. The molecule has 240 valence electrons. The van der Waals surface area contributed by atoms with Gasteiger partial charge in [0.2, 0.25) is 0 Å². The van der Waals surface area contributed by atoms with Crippen LogP contribution in [0.25, 0.3) is 78.1 Å². The summed E-state index contributed by atoms with van der Waals surface area (Å²) in [6.07, 6.45) is 3.72. The lowest BCUT2D eigenvalue weighted by molar-refractivity contribution is 0.661. The zero-order chi connectivity index (χ0) is 34.5. The van der Waals surface area contributed by atoms with E-state index < -0.39 is 0 Å². The van der Waals surface area contributed by atoms with Crippen molar-refractivity contribution in [3.8, 4) is 73.4 Å². The third kappa shape index (κ3) is 5.28.